The maximum Gasteiger partial charge on any atom is 0.123 e. The van der Waals surface area contributed by atoms with E-state index in [1.54, 1.807) is 13.0 Å². The molecule has 0 saturated heterocycles. The van der Waals surface area contributed by atoms with Crippen molar-refractivity contribution in [3.63, 3.8) is 0 Å². The van der Waals surface area contributed by atoms with Crippen molar-refractivity contribution in [3.05, 3.63) is 35.1 Å². The van der Waals surface area contributed by atoms with Gasteiger partial charge < -0.3 is 10.8 Å². The second kappa shape index (κ2) is 4.53. The maximum atomic E-state index is 12.8. The van der Waals surface area contributed by atoms with Crippen LogP contribution in [0.3, 0.4) is 0 Å². The summed E-state index contributed by atoms with van der Waals surface area (Å²) < 4.78 is 12.8. The summed E-state index contributed by atoms with van der Waals surface area (Å²) in [5, 5.41) is 9.55. The molecule has 0 saturated carbocycles. The smallest absolute Gasteiger partial charge is 0.123 e. The molecule has 0 spiro atoms. The summed E-state index contributed by atoms with van der Waals surface area (Å²) in [6, 6.07) is 4.00. The standard InChI is InChI=1S/C11H16FNO/c1-3-10(14)11(13)9-5-4-8(12)6-7(9)2/h4-6,10-11,14H,3,13H2,1-2H3/t10-,11+/m0/s1. The topological polar surface area (TPSA) is 46.2 Å². The minimum Gasteiger partial charge on any atom is -0.391 e. The predicted molar refractivity (Wildman–Crippen MR) is 54.4 cm³/mol. The zero-order valence-electron chi connectivity index (χ0n) is 8.50. The van der Waals surface area contributed by atoms with Crippen molar-refractivity contribution >= 4 is 0 Å². The molecule has 0 aliphatic carbocycles. The fourth-order valence-corrected chi connectivity index (χ4v) is 1.47. The first kappa shape index (κ1) is 11.1. The van der Waals surface area contributed by atoms with E-state index < -0.39 is 12.1 Å². The van der Waals surface area contributed by atoms with Gasteiger partial charge in [-0.25, -0.2) is 4.39 Å². The van der Waals surface area contributed by atoms with Crippen molar-refractivity contribution in [2.75, 3.05) is 0 Å². The monoisotopic (exact) mass is 197 g/mol. The summed E-state index contributed by atoms with van der Waals surface area (Å²) in [6.07, 6.45) is 0.0250. The fourth-order valence-electron chi connectivity index (χ4n) is 1.47. The second-order valence-corrected chi connectivity index (χ2v) is 3.50. The van der Waals surface area contributed by atoms with Crippen molar-refractivity contribution < 1.29 is 9.50 Å². The Kier molecular flexibility index (Phi) is 3.61. The quantitative estimate of drug-likeness (QED) is 0.777. The van der Waals surface area contributed by atoms with E-state index in [9.17, 15) is 9.50 Å². The summed E-state index contributed by atoms with van der Waals surface area (Å²) >= 11 is 0. The van der Waals surface area contributed by atoms with Gasteiger partial charge in [0.2, 0.25) is 0 Å². The Bertz CT molecular complexity index is 314. The summed E-state index contributed by atoms with van der Waals surface area (Å²) in [5.74, 6) is -0.274. The summed E-state index contributed by atoms with van der Waals surface area (Å²) in [5.41, 5.74) is 7.42. The van der Waals surface area contributed by atoms with Crippen LogP contribution in [0.2, 0.25) is 0 Å². The number of hydrogen-bond acceptors (Lipinski definition) is 2. The highest BCUT2D eigenvalue weighted by molar-refractivity contribution is 5.29. The van der Waals surface area contributed by atoms with Crippen LogP contribution in [0.25, 0.3) is 0 Å². The van der Waals surface area contributed by atoms with Crippen LogP contribution in [0, 0.1) is 12.7 Å². The number of benzene rings is 1. The van der Waals surface area contributed by atoms with Gasteiger partial charge in [-0.15, -0.1) is 0 Å². The lowest BCUT2D eigenvalue weighted by atomic mass is 9.96. The highest BCUT2D eigenvalue weighted by Gasteiger charge is 2.16. The molecule has 0 aromatic heterocycles. The van der Waals surface area contributed by atoms with Crippen LogP contribution in [-0.4, -0.2) is 11.2 Å². The molecular weight excluding hydrogens is 181 g/mol. The van der Waals surface area contributed by atoms with Gasteiger partial charge in [-0.2, -0.15) is 0 Å². The molecule has 0 radical (unpaired) electrons. The lowest BCUT2D eigenvalue weighted by molar-refractivity contribution is 0.140. The minimum absolute atomic E-state index is 0.274. The normalized spacial score (nSPS) is 15.2. The summed E-state index contributed by atoms with van der Waals surface area (Å²) in [4.78, 5) is 0. The lowest BCUT2D eigenvalue weighted by Gasteiger charge is -2.19. The van der Waals surface area contributed by atoms with Gasteiger partial charge in [0.1, 0.15) is 5.82 Å². The Morgan fingerprint density at radius 3 is 2.64 bits per heavy atom. The summed E-state index contributed by atoms with van der Waals surface area (Å²) in [7, 11) is 0. The van der Waals surface area contributed by atoms with Crippen LogP contribution in [0.4, 0.5) is 4.39 Å². The molecule has 0 fully saturated rings. The van der Waals surface area contributed by atoms with Crippen LogP contribution < -0.4 is 5.73 Å². The Morgan fingerprint density at radius 1 is 1.50 bits per heavy atom. The average molecular weight is 197 g/mol. The van der Waals surface area contributed by atoms with E-state index in [2.05, 4.69) is 0 Å². The number of hydrogen-bond donors (Lipinski definition) is 2. The van der Waals surface area contributed by atoms with Crippen molar-refractivity contribution in [1.29, 1.82) is 0 Å². The molecule has 14 heavy (non-hydrogen) atoms. The van der Waals surface area contributed by atoms with Crippen molar-refractivity contribution in [1.82, 2.24) is 0 Å². The molecule has 78 valence electrons. The van der Waals surface area contributed by atoms with E-state index in [0.717, 1.165) is 11.1 Å². The third-order valence-corrected chi connectivity index (χ3v) is 2.42. The van der Waals surface area contributed by atoms with Crippen LogP contribution in [0.5, 0.6) is 0 Å². The van der Waals surface area contributed by atoms with Gasteiger partial charge in [0, 0.05) is 0 Å². The highest BCUT2D eigenvalue weighted by atomic mass is 19.1. The third-order valence-electron chi connectivity index (χ3n) is 2.42. The van der Waals surface area contributed by atoms with Gasteiger partial charge in [0.05, 0.1) is 12.1 Å². The molecule has 0 heterocycles. The molecule has 0 bridgehead atoms. The molecule has 0 aliphatic heterocycles. The molecule has 0 amide bonds. The molecule has 1 aromatic rings. The number of aryl methyl sites for hydroxylation is 1. The van der Waals surface area contributed by atoms with Gasteiger partial charge in [0.15, 0.2) is 0 Å². The van der Waals surface area contributed by atoms with Gasteiger partial charge in [-0.1, -0.05) is 13.0 Å². The minimum atomic E-state index is -0.570. The molecule has 2 nitrogen and oxygen atoms in total. The Hall–Kier alpha value is -0.930. The summed E-state index contributed by atoms with van der Waals surface area (Å²) in [6.45, 7) is 3.66. The Labute approximate surface area is 83.6 Å². The molecule has 0 aliphatic rings. The fraction of sp³-hybridized carbons (Fsp3) is 0.455. The molecule has 2 atom stereocenters. The number of aliphatic hydroxyl groups is 1. The van der Waals surface area contributed by atoms with E-state index in [0.29, 0.717) is 6.42 Å². The first-order valence-electron chi connectivity index (χ1n) is 4.76. The average Bonchev–Trinajstić information content (AvgIpc) is 2.15. The zero-order chi connectivity index (χ0) is 10.7. The molecule has 1 rings (SSSR count). The zero-order valence-corrected chi connectivity index (χ0v) is 8.50. The Balaban J connectivity index is 2.95. The lowest BCUT2D eigenvalue weighted by Crippen LogP contribution is -2.26. The van der Waals surface area contributed by atoms with Crippen molar-refractivity contribution in [2.24, 2.45) is 5.73 Å². The van der Waals surface area contributed by atoms with Crippen LogP contribution in [0.1, 0.15) is 30.5 Å². The molecule has 0 unspecified atom stereocenters. The number of nitrogens with two attached hydrogens (primary N) is 1. The third kappa shape index (κ3) is 2.30. The number of halogens is 1. The van der Waals surface area contributed by atoms with Crippen LogP contribution >= 0.6 is 0 Å². The first-order chi connectivity index (χ1) is 6.56. The second-order valence-electron chi connectivity index (χ2n) is 3.50. The Morgan fingerprint density at radius 2 is 2.14 bits per heavy atom. The van der Waals surface area contributed by atoms with Crippen LogP contribution in [-0.2, 0) is 0 Å². The highest BCUT2D eigenvalue weighted by Crippen LogP contribution is 2.20. The van der Waals surface area contributed by atoms with E-state index in [-0.39, 0.29) is 5.82 Å². The number of aliphatic hydroxyl groups excluding tert-OH is 1. The van der Waals surface area contributed by atoms with Crippen molar-refractivity contribution in [2.45, 2.75) is 32.4 Å². The van der Waals surface area contributed by atoms with Gasteiger partial charge in [0.25, 0.3) is 0 Å². The first-order valence-corrected chi connectivity index (χ1v) is 4.76. The van der Waals surface area contributed by atoms with E-state index in [4.69, 9.17) is 5.73 Å². The van der Waals surface area contributed by atoms with E-state index in [1.807, 2.05) is 6.92 Å². The van der Waals surface area contributed by atoms with Crippen LogP contribution in [0.15, 0.2) is 18.2 Å². The van der Waals surface area contributed by atoms with E-state index in [1.165, 1.54) is 12.1 Å². The van der Waals surface area contributed by atoms with Gasteiger partial charge in [-0.05, 0) is 36.6 Å². The number of rotatable bonds is 3. The van der Waals surface area contributed by atoms with Gasteiger partial charge >= 0.3 is 0 Å². The van der Waals surface area contributed by atoms with E-state index >= 15 is 0 Å². The maximum absolute atomic E-state index is 12.8. The largest absolute Gasteiger partial charge is 0.391 e. The molecule has 3 heteroatoms. The van der Waals surface area contributed by atoms with Gasteiger partial charge in [-0.3, -0.25) is 0 Å². The van der Waals surface area contributed by atoms with Crippen molar-refractivity contribution in [3.8, 4) is 0 Å². The molecular formula is C11H16FNO. The SMILES string of the molecule is CC[C@H](O)[C@H](N)c1ccc(F)cc1C. The predicted octanol–water partition coefficient (Wildman–Crippen LogP) is 1.90. The molecule has 1 aromatic carbocycles. The molecule has 3 N–H and O–H groups in total.